The monoisotopic (exact) mass is 215 g/mol. The van der Waals surface area contributed by atoms with E-state index in [0.29, 0.717) is 6.42 Å². The van der Waals surface area contributed by atoms with Gasteiger partial charge in [-0.05, 0) is 25.8 Å². The van der Waals surface area contributed by atoms with Crippen molar-refractivity contribution >= 4 is 11.6 Å². The molecule has 80 valence electrons. The second-order valence-corrected chi connectivity index (χ2v) is 4.48. The molecule has 1 aromatic rings. The highest BCUT2D eigenvalue weighted by Crippen LogP contribution is 2.24. The van der Waals surface area contributed by atoms with Crippen LogP contribution in [0, 0.1) is 0 Å². The summed E-state index contributed by atoms with van der Waals surface area (Å²) < 4.78 is 0. The molecule has 1 rings (SSSR count). The molecule has 0 amide bonds. The summed E-state index contributed by atoms with van der Waals surface area (Å²) in [6, 6.07) is 9.96. The Balaban J connectivity index is 0.00000169. The van der Waals surface area contributed by atoms with E-state index in [4.69, 9.17) is 11.6 Å². The number of benzene rings is 1. The largest absolute Gasteiger partial charge is 0.392 e. The molecule has 2 unspecified atom stereocenters. The van der Waals surface area contributed by atoms with Gasteiger partial charge in [0.15, 0.2) is 0 Å². The summed E-state index contributed by atoms with van der Waals surface area (Å²) in [6.45, 7) is 3.57. The van der Waals surface area contributed by atoms with Crippen LogP contribution in [0.3, 0.4) is 0 Å². The minimum atomic E-state index is -0.568. The molecule has 0 spiro atoms. The maximum absolute atomic E-state index is 9.41. The predicted octanol–water partition coefficient (Wildman–Crippen LogP) is 2.77. The average Bonchev–Trinajstić information content (AvgIpc) is 2.05. The highest BCUT2D eigenvalue weighted by atomic mass is 35.5. The van der Waals surface area contributed by atoms with Crippen LogP contribution >= 0.6 is 11.6 Å². The minimum absolute atomic E-state index is 0. The Kier molecular flexibility index (Phi) is 5.13. The Morgan fingerprint density at radius 1 is 1.36 bits per heavy atom. The quantitative estimate of drug-likeness (QED) is 0.762. The third-order valence-electron chi connectivity index (χ3n) is 2.26. The van der Waals surface area contributed by atoms with Crippen molar-refractivity contribution in [3.8, 4) is 0 Å². The molecule has 0 aliphatic heterocycles. The van der Waals surface area contributed by atoms with E-state index in [1.54, 1.807) is 6.92 Å². The van der Waals surface area contributed by atoms with Gasteiger partial charge in [-0.25, -0.2) is 0 Å². The average molecular weight is 216 g/mol. The zero-order valence-electron chi connectivity index (χ0n) is 8.70. The summed E-state index contributed by atoms with van der Waals surface area (Å²) in [4.78, 5) is -0.568. The van der Waals surface area contributed by atoms with Gasteiger partial charge in [-0.2, -0.15) is 0 Å². The van der Waals surface area contributed by atoms with Gasteiger partial charge in [-0.3, -0.25) is 0 Å². The van der Waals surface area contributed by atoms with E-state index in [-0.39, 0.29) is 6.15 Å². The number of rotatable bonds is 3. The lowest BCUT2D eigenvalue weighted by molar-refractivity contribution is 0.150. The third-order valence-corrected chi connectivity index (χ3v) is 2.71. The summed E-state index contributed by atoms with van der Waals surface area (Å²) in [7, 11) is 0. The number of halogens is 1. The number of aliphatic hydroxyl groups is 1. The molecule has 0 saturated heterocycles. The first-order valence-electron chi connectivity index (χ1n) is 4.43. The standard InChI is InChI=1S/C11H15ClO.H3N/c1-9(13)11(2,12)8-10-6-4-3-5-7-10;/h3-7,9,13H,8H2,1-2H3;1H3. The Morgan fingerprint density at radius 2 is 1.86 bits per heavy atom. The summed E-state index contributed by atoms with van der Waals surface area (Å²) >= 11 is 6.16. The van der Waals surface area contributed by atoms with Gasteiger partial charge in [0.05, 0.1) is 11.0 Å². The van der Waals surface area contributed by atoms with Gasteiger partial charge in [0.25, 0.3) is 0 Å². The molecule has 0 heterocycles. The van der Waals surface area contributed by atoms with E-state index < -0.39 is 11.0 Å². The van der Waals surface area contributed by atoms with Crippen molar-refractivity contribution < 1.29 is 5.11 Å². The van der Waals surface area contributed by atoms with Crippen LogP contribution in [-0.4, -0.2) is 16.1 Å². The van der Waals surface area contributed by atoms with Crippen LogP contribution < -0.4 is 6.15 Å². The van der Waals surface area contributed by atoms with Gasteiger partial charge >= 0.3 is 0 Å². The van der Waals surface area contributed by atoms with Crippen molar-refractivity contribution in [1.29, 1.82) is 0 Å². The second kappa shape index (κ2) is 5.35. The second-order valence-electron chi connectivity index (χ2n) is 3.62. The minimum Gasteiger partial charge on any atom is -0.392 e. The molecular weight excluding hydrogens is 198 g/mol. The zero-order chi connectivity index (χ0) is 9.90. The fraction of sp³-hybridized carbons (Fsp3) is 0.455. The lowest BCUT2D eigenvalue weighted by Crippen LogP contribution is -2.33. The molecule has 1 aromatic carbocycles. The van der Waals surface area contributed by atoms with Crippen molar-refractivity contribution in [2.75, 3.05) is 0 Å². The van der Waals surface area contributed by atoms with E-state index in [0.717, 1.165) is 5.56 Å². The normalized spacial score (nSPS) is 16.6. The van der Waals surface area contributed by atoms with E-state index in [1.165, 1.54) is 0 Å². The molecular formula is C11H18ClNO. The molecule has 0 aliphatic rings. The third kappa shape index (κ3) is 3.66. The van der Waals surface area contributed by atoms with Crippen LogP contribution in [0.2, 0.25) is 0 Å². The van der Waals surface area contributed by atoms with E-state index in [1.807, 2.05) is 37.3 Å². The van der Waals surface area contributed by atoms with Crippen LogP contribution in [0.15, 0.2) is 30.3 Å². The fourth-order valence-electron chi connectivity index (χ4n) is 1.14. The van der Waals surface area contributed by atoms with Gasteiger partial charge in [-0.15, -0.1) is 11.6 Å². The maximum atomic E-state index is 9.41. The zero-order valence-corrected chi connectivity index (χ0v) is 9.46. The number of hydrogen-bond acceptors (Lipinski definition) is 2. The molecule has 0 fully saturated rings. The van der Waals surface area contributed by atoms with Crippen molar-refractivity contribution in [2.24, 2.45) is 0 Å². The van der Waals surface area contributed by atoms with Crippen molar-refractivity contribution in [3.05, 3.63) is 35.9 Å². The van der Waals surface area contributed by atoms with Gasteiger partial charge in [0, 0.05) is 0 Å². The SMILES string of the molecule is CC(O)C(C)(Cl)Cc1ccccc1.N. The molecule has 0 aliphatic carbocycles. The lowest BCUT2D eigenvalue weighted by Gasteiger charge is -2.25. The van der Waals surface area contributed by atoms with E-state index in [9.17, 15) is 5.11 Å². The van der Waals surface area contributed by atoms with Crippen LogP contribution in [0.25, 0.3) is 0 Å². The van der Waals surface area contributed by atoms with Crippen molar-refractivity contribution in [2.45, 2.75) is 31.2 Å². The number of hydrogen-bond donors (Lipinski definition) is 2. The van der Waals surface area contributed by atoms with Gasteiger partial charge < -0.3 is 11.3 Å². The first-order valence-corrected chi connectivity index (χ1v) is 4.81. The molecule has 2 atom stereocenters. The maximum Gasteiger partial charge on any atom is 0.0714 e. The Hall–Kier alpha value is -0.570. The summed E-state index contributed by atoms with van der Waals surface area (Å²) in [5.41, 5.74) is 1.15. The summed E-state index contributed by atoms with van der Waals surface area (Å²) in [6.07, 6.45) is 0.182. The molecule has 4 N–H and O–H groups in total. The summed E-state index contributed by atoms with van der Waals surface area (Å²) in [5.74, 6) is 0. The van der Waals surface area contributed by atoms with Crippen LogP contribution in [-0.2, 0) is 6.42 Å². The molecule has 0 bridgehead atoms. The van der Waals surface area contributed by atoms with Crippen molar-refractivity contribution in [3.63, 3.8) is 0 Å². The Morgan fingerprint density at radius 3 is 2.29 bits per heavy atom. The van der Waals surface area contributed by atoms with Crippen LogP contribution in [0.4, 0.5) is 0 Å². The van der Waals surface area contributed by atoms with E-state index in [2.05, 4.69) is 0 Å². The van der Waals surface area contributed by atoms with Gasteiger partial charge in [0.2, 0.25) is 0 Å². The number of aliphatic hydroxyl groups excluding tert-OH is 1. The van der Waals surface area contributed by atoms with E-state index >= 15 is 0 Å². The first kappa shape index (κ1) is 13.4. The highest BCUT2D eigenvalue weighted by Gasteiger charge is 2.26. The summed E-state index contributed by atoms with van der Waals surface area (Å²) in [5, 5.41) is 9.41. The van der Waals surface area contributed by atoms with Crippen molar-refractivity contribution in [1.82, 2.24) is 6.15 Å². The Bertz CT molecular complexity index is 259. The molecule has 3 heteroatoms. The molecule has 0 aromatic heterocycles. The molecule has 0 saturated carbocycles. The van der Waals surface area contributed by atoms with Gasteiger partial charge in [0.1, 0.15) is 0 Å². The Labute approximate surface area is 90.5 Å². The number of alkyl halides is 1. The lowest BCUT2D eigenvalue weighted by atomic mass is 9.96. The highest BCUT2D eigenvalue weighted by molar-refractivity contribution is 6.24. The smallest absolute Gasteiger partial charge is 0.0714 e. The molecule has 2 nitrogen and oxygen atoms in total. The topological polar surface area (TPSA) is 55.2 Å². The van der Waals surface area contributed by atoms with Crippen LogP contribution in [0.5, 0.6) is 0 Å². The molecule has 14 heavy (non-hydrogen) atoms. The van der Waals surface area contributed by atoms with Gasteiger partial charge in [-0.1, -0.05) is 30.3 Å². The first-order chi connectivity index (χ1) is 6.02. The van der Waals surface area contributed by atoms with Crippen LogP contribution in [0.1, 0.15) is 19.4 Å². The fourth-order valence-corrected chi connectivity index (χ4v) is 1.30. The predicted molar refractivity (Wildman–Crippen MR) is 61.1 cm³/mol. The molecule has 0 radical (unpaired) electrons.